The second-order valence-corrected chi connectivity index (χ2v) is 8.91. The molecule has 7 nitrogen and oxygen atoms in total. The van der Waals surface area contributed by atoms with Gasteiger partial charge in [-0.05, 0) is 61.4 Å². The minimum Gasteiger partial charge on any atom is -0.365 e. The van der Waals surface area contributed by atoms with Crippen molar-refractivity contribution in [1.82, 2.24) is 4.98 Å². The highest BCUT2D eigenvalue weighted by Crippen LogP contribution is 2.48. The second kappa shape index (κ2) is 8.12. The zero-order valence-corrected chi connectivity index (χ0v) is 17.6. The van der Waals surface area contributed by atoms with E-state index in [1.165, 1.54) is 0 Å². The maximum Gasteiger partial charge on any atom is 0.252 e. The molecule has 6 N–H and O–H groups in total. The Bertz CT molecular complexity index is 1100. The Balaban J connectivity index is 1.45. The number of hydrogen-bond donors (Lipinski definition) is 4. The van der Waals surface area contributed by atoms with Crippen LogP contribution in [0.15, 0.2) is 29.3 Å². The van der Waals surface area contributed by atoms with Crippen LogP contribution in [-0.2, 0) is 0 Å². The molecule has 1 aromatic carbocycles. The van der Waals surface area contributed by atoms with Crippen LogP contribution < -0.4 is 22.1 Å². The monoisotopic (exact) mass is 440 g/mol. The predicted octanol–water partition coefficient (Wildman–Crippen LogP) is 3.93. The van der Waals surface area contributed by atoms with Crippen molar-refractivity contribution in [2.75, 3.05) is 10.6 Å². The number of hydrogen-bond acceptors (Lipinski definition) is 6. The fraction of sp³-hybridized carbons (Fsp3) is 0.435. The average Bonchev–Trinajstić information content (AvgIpc) is 3.55. The Kier molecular flexibility index (Phi) is 5.28. The molecule has 168 valence electrons. The maximum atomic E-state index is 14.7. The molecule has 2 heterocycles. The number of nitrogens with zero attached hydrogens (tertiary/aromatic N) is 2. The first-order valence-electron chi connectivity index (χ1n) is 11.1. The van der Waals surface area contributed by atoms with Gasteiger partial charge in [0.05, 0.1) is 11.6 Å². The number of halogens is 2. The van der Waals surface area contributed by atoms with Crippen molar-refractivity contribution in [3.05, 3.63) is 46.8 Å². The van der Waals surface area contributed by atoms with Crippen LogP contribution in [0, 0.1) is 11.7 Å². The Morgan fingerprint density at radius 1 is 1.06 bits per heavy atom. The van der Waals surface area contributed by atoms with Gasteiger partial charge in [-0.15, -0.1) is 0 Å². The van der Waals surface area contributed by atoms with Crippen LogP contribution in [0.4, 0.5) is 26.1 Å². The zero-order valence-electron chi connectivity index (χ0n) is 17.6. The van der Waals surface area contributed by atoms with E-state index in [-0.39, 0.29) is 35.3 Å². The number of benzene rings is 1. The van der Waals surface area contributed by atoms with E-state index in [1.807, 2.05) is 6.07 Å². The van der Waals surface area contributed by atoms with E-state index in [4.69, 9.17) is 11.5 Å². The number of anilines is 3. The highest BCUT2D eigenvalue weighted by Gasteiger charge is 2.38. The van der Waals surface area contributed by atoms with E-state index in [1.54, 1.807) is 12.1 Å². The number of nitrogens with one attached hydrogen (secondary N) is 2. The minimum absolute atomic E-state index is 0.0197. The summed E-state index contributed by atoms with van der Waals surface area (Å²) in [6.45, 7) is 0. The quantitative estimate of drug-likeness (QED) is 0.543. The van der Waals surface area contributed by atoms with Crippen LogP contribution in [0.2, 0.25) is 0 Å². The van der Waals surface area contributed by atoms with Crippen molar-refractivity contribution >= 4 is 29.2 Å². The van der Waals surface area contributed by atoms with E-state index in [0.717, 1.165) is 50.2 Å². The van der Waals surface area contributed by atoms with Gasteiger partial charge in [0.25, 0.3) is 5.91 Å². The van der Waals surface area contributed by atoms with Gasteiger partial charge in [-0.1, -0.05) is 12.8 Å². The molecular weight excluding hydrogens is 414 g/mol. The molecule has 2 saturated carbocycles. The Morgan fingerprint density at radius 2 is 1.84 bits per heavy atom. The first-order chi connectivity index (χ1) is 15.4. The van der Waals surface area contributed by atoms with Crippen molar-refractivity contribution in [1.29, 1.82) is 0 Å². The molecule has 1 unspecified atom stereocenters. The van der Waals surface area contributed by atoms with Crippen LogP contribution in [0.1, 0.15) is 66.1 Å². The lowest BCUT2D eigenvalue weighted by molar-refractivity contribution is 0.100. The summed E-state index contributed by atoms with van der Waals surface area (Å²) >= 11 is 0. The molecular formula is C23H26F2N6O. The number of aromatic nitrogens is 1. The maximum absolute atomic E-state index is 14.7. The van der Waals surface area contributed by atoms with E-state index in [9.17, 15) is 13.6 Å². The molecule has 2 aromatic rings. The average molecular weight is 440 g/mol. The Morgan fingerprint density at radius 3 is 2.56 bits per heavy atom. The number of amides is 1. The molecule has 2 aliphatic carbocycles. The number of rotatable bonds is 6. The lowest BCUT2D eigenvalue weighted by atomic mass is 9.91. The topological polar surface area (TPSA) is 118 Å². The normalized spacial score (nSPS) is 24.6. The van der Waals surface area contributed by atoms with Gasteiger partial charge < -0.3 is 22.1 Å². The number of aliphatic imine (C=N–C) groups is 1. The van der Waals surface area contributed by atoms with Gasteiger partial charge in [0.2, 0.25) is 5.97 Å². The summed E-state index contributed by atoms with van der Waals surface area (Å²) in [6, 6.07) is 5.86. The summed E-state index contributed by atoms with van der Waals surface area (Å²) in [7, 11) is 0. The molecule has 0 bridgehead atoms. The Labute approximate surface area is 184 Å². The van der Waals surface area contributed by atoms with Gasteiger partial charge in [-0.2, -0.15) is 4.39 Å². The van der Waals surface area contributed by atoms with Crippen molar-refractivity contribution < 1.29 is 13.6 Å². The van der Waals surface area contributed by atoms with E-state index < -0.39 is 17.7 Å². The number of pyridine rings is 1. The predicted molar refractivity (Wildman–Crippen MR) is 119 cm³/mol. The molecule has 1 amide bonds. The van der Waals surface area contributed by atoms with Gasteiger partial charge in [-0.25, -0.2) is 14.4 Å². The van der Waals surface area contributed by atoms with Crippen LogP contribution in [-0.4, -0.2) is 28.9 Å². The zero-order chi connectivity index (χ0) is 22.4. The van der Waals surface area contributed by atoms with Gasteiger partial charge >= 0.3 is 0 Å². The third-order valence-electron chi connectivity index (χ3n) is 6.56. The first kappa shape index (κ1) is 20.8. The van der Waals surface area contributed by atoms with Crippen LogP contribution in [0.5, 0.6) is 0 Å². The lowest BCUT2D eigenvalue weighted by Gasteiger charge is -2.30. The van der Waals surface area contributed by atoms with Gasteiger partial charge in [0, 0.05) is 23.3 Å². The van der Waals surface area contributed by atoms with Gasteiger partial charge in [0.15, 0.2) is 11.6 Å². The second-order valence-electron chi connectivity index (χ2n) is 8.91. The summed E-state index contributed by atoms with van der Waals surface area (Å²) in [5, 5.41) is 6.17. The molecule has 32 heavy (non-hydrogen) atoms. The number of primary amides is 1. The molecule has 3 aliphatic rings. The summed E-state index contributed by atoms with van der Waals surface area (Å²) in [5.41, 5.74) is 13.5. The molecule has 2 fully saturated rings. The Hall–Kier alpha value is -3.07. The summed E-state index contributed by atoms with van der Waals surface area (Å²) in [4.78, 5) is 20.5. The molecule has 3 atom stereocenters. The number of fused-ring (bicyclic) bond motifs is 1. The first-order valence-corrected chi connectivity index (χ1v) is 11.1. The molecule has 0 spiro atoms. The fourth-order valence-corrected chi connectivity index (χ4v) is 4.63. The lowest BCUT2D eigenvalue weighted by Crippen LogP contribution is -2.43. The highest BCUT2D eigenvalue weighted by atomic mass is 19.1. The number of carbonyl (C=O) groups is 1. The molecule has 5 rings (SSSR count). The third kappa shape index (κ3) is 3.92. The standard InChI is InChI=1S/C23H26F2N6O/c24-16-10-15(21(27)32)22(31-23(16)29-18-4-2-1-3-17(18)26)28-12-7-8-13-14(9-12)19(11-5-6-11)30-20(13)25/h7-11,17-19H,1-6,26H2,(H2,27,32)(H2,28,29,31)/t17-,18+,19?/m0/s1. The van der Waals surface area contributed by atoms with Crippen molar-refractivity contribution in [3.8, 4) is 0 Å². The van der Waals surface area contributed by atoms with Crippen LogP contribution in [0.25, 0.3) is 0 Å². The van der Waals surface area contributed by atoms with Gasteiger partial charge in [-0.3, -0.25) is 4.79 Å². The largest absolute Gasteiger partial charge is 0.365 e. The summed E-state index contributed by atoms with van der Waals surface area (Å²) in [6.07, 6.45) is 5.80. The van der Waals surface area contributed by atoms with Crippen LogP contribution in [0.3, 0.4) is 0 Å². The highest BCUT2D eigenvalue weighted by molar-refractivity contribution is 6.00. The molecule has 1 aromatic heterocycles. The van der Waals surface area contributed by atoms with E-state index in [0.29, 0.717) is 17.2 Å². The molecule has 0 saturated heterocycles. The number of carbonyl (C=O) groups excluding carboxylic acids is 1. The molecule has 1 aliphatic heterocycles. The summed E-state index contributed by atoms with van der Waals surface area (Å²) < 4.78 is 29.0. The van der Waals surface area contributed by atoms with Crippen LogP contribution >= 0.6 is 0 Å². The van der Waals surface area contributed by atoms with Crippen molar-refractivity contribution in [2.24, 2.45) is 22.4 Å². The summed E-state index contributed by atoms with van der Waals surface area (Å²) in [5.74, 6) is -1.40. The molecule has 0 radical (unpaired) electrons. The SMILES string of the molecule is NC(=O)c1cc(F)c(N[C@@H]2CCCC[C@@H]2N)nc1Nc1ccc2c(c1)C(C1CC1)N=C2F. The van der Waals surface area contributed by atoms with Gasteiger partial charge in [0.1, 0.15) is 5.82 Å². The minimum atomic E-state index is -0.800. The van der Waals surface area contributed by atoms with E-state index >= 15 is 0 Å². The smallest absolute Gasteiger partial charge is 0.252 e. The van der Waals surface area contributed by atoms with Crippen molar-refractivity contribution in [2.45, 2.75) is 56.7 Å². The molecule has 9 heteroatoms. The van der Waals surface area contributed by atoms with Crippen molar-refractivity contribution in [3.63, 3.8) is 0 Å². The fourth-order valence-electron chi connectivity index (χ4n) is 4.63. The number of nitrogens with two attached hydrogens (primary N) is 2. The third-order valence-corrected chi connectivity index (χ3v) is 6.56. The van der Waals surface area contributed by atoms with E-state index in [2.05, 4.69) is 20.6 Å².